The number of anilines is 1. The van der Waals surface area contributed by atoms with Crippen LogP contribution in [-0.2, 0) is 6.18 Å². The maximum absolute atomic E-state index is 13.1. The molecule has 0 bridgehead atoms. The Balaban J connectivity index is 3.33. The van der Waals surface area contributed by atoms with Gasteiger partial charge in [0.25, 0.3) is 0 Å². The van der Waals surface area contributed by atoms with E-state index in [9.17, 15) is 18.0 Å². The van der Waals surface area contributed by atoms with Crippen molar-refractivity contribution in [2.45, 2.75) is 20.0 Å². The monoisotopic (exact) mass is 300 g/mol. The molecule has 1 unspecified atom stereocenters. The predicted octanol–water partition coefficient (Wildman–Crippen LogP) is 3.39. The summed E-state index contributed by atoms with van der Waals surface area (Å²) in [6.07, 6.45) is -4.66. The molecule has 0 aliphatic rings. The third kappa shape index (κ3) is 4.12. The number of halogens is 3. The van der Waals surface area contributed by atoms with E-state index in [-0.39, 0.29) is 18.8 Å². The van der Waals surface area contributed by atoms with E-state index in [0.717, 1.165) is 12.1 Å². The molecule has 1 atom stereocenters. The van der Waals surface area contributed by atoms with E-state index in [1.54, 1.807) is 13.8 Å². The largest absolute Gasteiger partial charge is 0.478 e. The van der Waals surface area contributed by atoms with Crippen LogP contribution in [-0.4, -0.2) is 24.2 Å². The SMILES string of the molecule is CCN(CC(C)C#N)c1ccc(C(=O)O)cc1C(F)(F)F. The first-order valence-electron chi connectivity index (χ1n) is 6.29. The van der Waals surface area contributed by atoms with Crippen molar-refractivity contribution in [2.24, 2.45) is 5.92 Å². The molecule has 0 radical (unpaired) electrons. The number of benzene rings is 1. The lowest BCUT2D eigenvalue weighted by Gasteiger charge is -2.27. The molecule has 0 aliphatic heterocycles. The first-order valence-corrected chi connectivity index (χ1v) is 6.29. The van der Waals surface area contributed by atoms with Crippen molar-refractivity contribution in [1.29, 1.82) is 5.26 Å². The fourth-order valence-corrected chi connectivity index (χ4v) is 1.94. The Hall–Kier alpha value is -2.23. The normalized spacial score (nSPS) is 12.6. The molecule has 0 fully saturated rings. The Kier molecular flexibility index (Phi) is 5.19. The standard InChI is InChI=1S/C14H15F3N2O2/c1-3-19(8-9(2)7-18)12-5-4-10(13(20)21)6-11(12)14(15,16)17/h4-6,9H,3,8H2,1-2H3,(H,20,21). The van der Waals surface area contributed by atoms with Crippen LogP contribution in [0.25, 0.3) is 0 Å². The maximum Gasteiger partial charge on any atom is 0.418 e. The molecule has 7 heteroatoms. The molecule has 4 nitrogen and oxygen atoms in total. The van der Waals surface area contributed by atoms with Gasteiger partial charge in [-0.25, -0.2) is 4.79 Å². The molecule has 1 aromatic carbocycles. The molecule has 0 spiro atoms. The van der Waals surface area contributed by atoms with Crippen LogP contribution in [0.3, 0.4) is 0 Å². The number of carboxylic acids is 1. The molecule has 0 saturated carbocycles. The predicted molar refractivity (Wildman–Crippen MR) is 71.1 cm³/mol. The van der Waals surface area contributed by atoms with E-state index in [0.29, 0.717) is 6.07 Å². The number of nitriles is 1. The van der Waals surface area contributed by atoms with E-state index in [1.807, 2.05) is 6.07 Å². The second-order valence-corrected chi connectivity index (χ2v) is 4.60. The molecule has 1 rings (SSSR count). The van der Waals surface area contributed by atoms with Gasteiger partial charge in [-0.15, -0.1) is 0 Å². The van der Waals surface area contributed by atoms with Gasteiger partial charge in [-0.1, -0.05) is 0 Å². The Bertz CT molecular complexity index is 564. The summed E-state index contributed by atoms with van der Waals surface area (Å²) in [4.78, 5) is 12.2. The molecule has 21 heavy (non-hydrogen) atoms. The van der Waals surface area contributed by atoms with E-state index >= 15 is 0 Å². The zero-order chi connectivity index (χ0) is 16.2. The summed E-state index contributed by atoms with van der Waals surface area (Å²) in [6, 6.07) is 4.86. The highest BCUT2D eigenvalue weighted by molar-refractivity contribution is 5.88. The minimum absolute atomic E-state index is 0.114. The third-order valence-electron chi connectivity index (χ3n) is 2.99. The summed E-state index contributed by atoms with van der Waals surface area (Å²) < 4.78 is 39.4. The van der Waals surface area contributed by atoms with Crippen molar-refractivity contribution in [3.05, 3.63) is 29.3 Å². The lowest BCUT2D eigenvalue weighted by Crippen LogP contribution is -2.30. The Labute approximate surface area is 120 Å². The van der Waals surface area contributed by atoms with Crippen LogP contribution >= 0.6 is 0 Å². The molecular formula is C14H15F3N2O2. The molecule has 0 aliphatic carbocycles. The quantitative estimate of drug-likeness (QED) is 0.905. The Morgan fingerprint density at radius 3 is 2.52 bits per heavy atom. The van der Waals surface area contributed by atoms with E-state index in [2.05, 4.69) is 0 Å². The zero-order valence-electron chi connectivity index (χ0n) is 11.6. The van der Waals surface area contributed by atoms with Gasteiger partial charge >= 0.3 is 12.1 Å². The highest BCUT2D eigenvalue weighted by atomic mass is 19.4. The molecule has 114 valence electrons. The minimum atomic E-state index is -4.66. The molecule has 0 aromatic heterocycles. The van der Waals surface area contributed by atoms with Crippen LogP contribution in [0, 0.1) is 17.2 Å². The van der Waals surface area contributed by atoms with Gasteiger partial charge in [0.2, 0.25) is 0 Å². The summed E-state index contributed by atoms with van der Waals surface area (Å²) in [7, 11) is 0. The average Bonchev–Trinajstić information content (AvgIpc) is 2.42. The summed E-state index contributed by atoms with van der Waals surface area (Å²) in [5.74, 6) is -1.86. The molecule has 1 aromatic rings. The number of hydrogen-bond donors (Lipinski definition) is 1. The van der Waals surface area contributed by atoms with Crippen LogP contribution in [0.1, 0.15) is 29.8 Å². The number of aromatic carboxylic acids is 1. The topological polar surface area (TPSA) is 64.3 Å². The van der Waals surface area contributed by atoms with Gasteiger partial charge in [-0.05, 0) is 32.0 Å². The van der Waals surface area contributed by atoms with Crippen LogP contribution in [0.15, 0.2) is 18.2 Å². The summed E-state index contributed by atoms with van der Waals surface area (Å²) >= 11 is 0. The summed E-state index contributed by atoms with van der Waals surface area (Å²) in [5.41, 5.74) is -1.54. The van der Waals surface area contributed by atoms with Crippen molar-refractivity contribution in [1.82, 2.24) is 0 Å². The van der Waals surface area contributed by atoms with Crippen molar-refractivity contribution in [2.75, 3.05) is 18.0 Å². The van der Waals surface area contributed by atoms with Gasteiger partial charge in [-0.2, -0.15) is 18.4 Å². The number of nitrogens with zero attached hydrogens (tertiary/aromatic N) is 2. The second kappa shape index (κ2) is 6.48. The number of alkyl halides is 3. The van der Waals surface area contributed by atoms with Gasteiger partial charge < -0.3 is 10.0 Å². The molecule has 0 heterocycles. The molecule has 1 N–H and O–H groups in total. The fourth-order valence-electron chi connectivity index (χ4n) is 1.94. The number of carboxylic acid groups (broad SMARTS) is 1. The summed E-state index contributed by atoms with van der Waals surface area (Å²) in [6.45, 7) is 3.71. The average molecular weight is 300 g/mol. The van der Waals surface area contributed by atoms with E-state index in [4.69, 9.17) is 10.4 Å². The highest BCUT2D eigenvalue weighted by Crippen LogP contribution is 2.37. The zero-order valence-corrected chi connectivity index (χ0v) is 11.6. The lowest BCUT2D eigenvalue weighted by molar-refractivity contribution is -0.137. The smallest absolute Gasteiger partial charge is 0.418 e. The maximum atomic E-state index is 13.1. The highest BCUT2D eigenvalue weighted by Gasteiger charge is 2.35. The van der Waals surface area contributed by atoms with Crippen molar-refractivity contribution >= 4 is 11.7 Å². The van der Waals surface area contributed by atoms with E-state index in [1.165, 1.54) is 4.90 Å². The van der Waals surface area contributed by atoms with Crippen LogP contribution in [0.5, 0.6) is 0 Å². The first-order chi connectivity index (χ1) is 9.70. The third-order valence-corrected chi connectivity index (χ3v) is 2.99. The van der Waals surface area contributed by atoms with Crippen molar-refractivity contribution in [3.63, 3.8) is 0 Å². The van der Waals surface area contributed by atoms with Gasteiger partial charge in [-0.3, -0.25) is 0 Å². The Morgan fingerprint density at radius 1 is 1.48 bits per heavy atom. The molecule has 0 saturated heterocycles. The minimum Gasteiger partial charge on any atom is -0.478 e. The van der Waals surface area contributed by atoms with Crippen LogP contribution < -0.4 is 4.90 Å². The summed E-state index contributed by atoms with van der Waals surface area (Å²) in [5, 5.41) is 17.6. The van der Waals surface area contributed by atoms with Gasteiger partial charge in [0, 0.05) is 18.8 Å². The van der Waals surface area contributed by atoms with E-state index < -0.39 is 29.2 Å². The van der Waals surface area contributed by atoms with Crippen LogP contribution in [0.4, 0.5) is 18.9 Å². The fraction of sp³-hybridized carbons (Fsp3) is 0.429. The van der Waals surface area contributed by atoms with Gasteiger partial charge in [0.1, 0.15) is 0 Å². The van der Waals surface area contributed by atoms with Crippen molar-refractivity contribution < 1.29 is 23.1 Å². The number of rotatable bonds is 5. The first kappa shape index (κ1) is 16.8. The molecule has 0 amide bonds. The van der Waals surface area contributed by atoms with Gasteiger partial charge in [0.15, 0.2) is 0 Å². The number of hydrogen-bond acceptors (Lipinski definition) is 3. The van der Waals surface area contributed by atoms with Crippen molar-refractivity contribution in [3.8, 4) is 6.07 Å². The lowest BCUT2D eigenvalue weighted by atomic mass is 10.1. The Morgan fingerprint density at radius 2 is 2.10 bits per heavy atom. The number of carbonyl (C=O) groups is 1. The molecular weight excluding hydrogens is 285 g/mol. The van der Waals surface area contributed by atoms with Crippen LogP contribution in [0.2, 0.25) is 0 Å². The second-order valence-electron chi connectivity index (χ2n) is 4.60. The van der Waals surface area contributed by atoms with Gasteiger partial charge in [0.05, 0.1) is 23.1 Å².